The van der Waals surface area contributed by atoms with Crippen LogP contribution in [0.1, 0.15) is 70.3 Å². The summed E-state index contributed by atoms with van der Waals surface area (Å²) in [5.74, 6) is -3.94. The number of rotatable bonds is 7. The number of sulfonamides is 1. The molecule has 17 heteroatoms. The molecule has 1 aromatic heterocycles. The predicted molar refractivity (Wildman–Crippen MR) is 183 cm³/mol. The molecule has 2 saturated carbocycles. The van der Waals surface area contributed by atoms with Crippen LogP contribution in [0.3, 0.4) is 0 Å². The number of anilines is 1. The Bertz CT molecular complexity index is 2030. The van der Waals surface area contributed by atoms with Crippen LogP contribution < -0.4 is 20.1 Å². The summed E-state index contributed by atoms with van der Waals surface area (Å²) in [4.78, 5) is 48.0. The molecule has 0 unspecified atom stereocenters. The topological polar surface area (TPSA) is 160 Å². The fourth-order valence-corrected chi connectivity index (χ4v) is 8.34. The van der Waals surface area contributed by atoms with Crippen LogP contribution in [0.25, 0.3) is 11.1 Å². The van der Waals surface area contributed by atoms with Crippen molar-refractivity contribution in [3.8, 4) is 6.08 Å². The Labute approximate surface area is 302 Å². The molecule has 3 amide bonds. The number of hydrogen-bond acceptors (Lipinski definition) is 9. The Morgan fingerprint density at radius 3 is 2.62 bits per heavy atom. The minimum absolute atomic E-state index is 0.0875. The van der Waals surface area contributed by atoms with E-state index in [2.05, 4.69) is 20.3 Å². The Balaban J connectivity index is 1.20. The van der Waals surface area contributed by atoms with Crippen LogP contribution >= 0.6 is 0 Å². The number of hydrogen-bond donors (Lipinski definition) is 3. The first kappa shape index (κ1) is 36.7. The first-order valence-electron chi connectivity index (χ1n) is 17.6. The largest absolute Gasteiger partial charge is 0.445 e. The highest BCUT2D eigenvalue weighted by Gasteiger charge is 2.63. The molecule has 2 aliphatic carbocycles. The van der Waals surface area contributed by atoms with E-state index in [0.29, 0.717) is 55.7 Å². The van der Waals surface area contributed by atoms with Gasteiger partial charge in [0.25, 0.3) is 5.91 Å². The lowest BCUT2D eigenvalue weighted by molar-refractivity contribution is -0.140. The van der Waals surface area contributed by atoms with Gasteiger partial charge in [0.05, 0.1) is 16.9 Å². The third kappa shape index (κ3) is 7.57. The molecule has 3 fully saturated rings. The highest BCUT2D eigenvalue weighted by Crippen LogP contribution is 2.47. The van der Waals surface area contributed by atoms with E-state index in [-0.39, 0.29) is 37.6 Å². The maximum atomic E-state index is 14.4. The maximum Gasteiger partial charge on any atom is 0.416 e. The molecule has 3 aromatic rings. The summed E-state index contributed by atoms with van der Waals surface area (Å²) in [6.07, 6.45) is 1.18. The normalized spacial score (nSPS) is 27.5. The molecule has 5 atom stereocenters. The Morgan fingerprint density at radius 1 is 1.11 bits per heavy atom. The van der Waals surface area contributed by atoms with Gasteiger partial charge in [-0.15, -0.1) is 0 Å². The number of allylic oxidation sites excluding steroid dienone is 1. The fourth-order valence-electron chi connectivity index (χ4n) is 7.03. The van der Waals surface area contributed by atoms with E-state index in [4.69, 9.17) is 9.15 Å². The quantitative estimate of drug-likeness (QED) is 0.217. The fraction of sp³-hybridized carbons (Fsp3) is 0.500. The number of nitrogens with one attached hydrogen (secondary N) is 3. The van der Waals surface area contributed by atoms with Gasteiger partial charge >= 0.3 is 12.3 Å². The molecule has 0 bridgehead atoms. The molecule has 2 aromatic carbocycles. The second kappa shape index (κ2) is 13.6. The van der Waals surface area contributed by atoms with Crippen molar-refractivity contribution in [3.63, 3.8) is 0 Å². The minimum Gasteiger partial charge on any atom is -0.445 e. The molecule has 3 N–H and O–H groups in total. The van der Waals surface area contributed by atoms with E-state index in [1.165, 1.54) is 11.8 Å². The molecule has 7 rings (SSSR count). The minimum atomic E-state index is -4.84. The highest BCUT2D eigenvalue weighted by atomic mass is 32.2. The zero-order valence-corrected chi connectivity index (χ0v) is 29.6. The lowest BCUT2D eigenvalue weighted by atomic mass is 10.0. The van der Waals surface area contributed by atoms with E-state index in [9.17, 15) is 40.4 Å². The van der Waals surface area contributed by atoms with Crippen LogP contribution in [0, 0.1) is 11.7 Å². The van der Waals surface area contributed by atoms with Gasteiger partial charge < -0.3 is 24.7 Å². The lowest BCUT2D eigenvalue weighted by Crippen LogP contribution is -2.58. The Morgan fingerprint density at radius 2 is 1.89 bits per heavy atom. The SMILES string of the molecule is CC1(S(=O)(=O)NC(=O)[C@@]23C[C@H]2C=CCCCCC[C@H](Nc2cc(F)cc(C(F)(F)F)c2)C(=O)N2C[C@H](Oc4nc5ccccc5o4)C[C@H]2C(=O)N3)CC1. The number of benzene rings is 2. The van der Waals surface area contributed by atoms with Crippen molar-refractivity contribution in [2.75, 3.05) is 11.9 Å². The number of carbonyl (C=O) groups is 3. The first-order valence-corrected chi connectivity index (χ1v) is 19.1. The van der Waals surface area contributed by atoms with Crippen LogP contribution in [0.15, 0.2) is 59.0 Å². The number of carbonyl (C=O) groups excluding carboxylic acids is 3. The molecule has 0 radical (unpaired) electrons. The average Bonchev–Trinajstić information content (AvgIpc) is 3.90. The summed E-state index contributed by atoms with van der Waals surface area (Å²) >= 11 is 0. The molecule has 1 saturated heterocycles. The number of halogens is 4. The zero-order chi connectivity index (χ0) is 37.8. The van der Waals surface area contributed by atoms with E-state index in [1.807, 2.05) is 6.08 Å². The molecular formula is C36H39F4N5O7S. The third-order valence-corrected chi connectivity index (χ3v) is 12.7. The van der Waals surface area contributed by atoms with Gasteiger partial charge in [-0.2, -0.15) is 18.2 Å². The van der Waals surface area contributed by atoms with Gasteiger partial charge in [0, 0.05) is 18.0 Å². The lowest BCUT2D eigenvalue weighted by Gasteiger charge is -2.30. The summed E-state index contributed by atoms with van der Waals surface area (Å²) in [5, 5.41) is 5.57. The van der Waals surface area contributed by atoms with Crippen LogP contribution in [-0.4, -0.2) is 71.0 Å². The van der Waals surface area contributed by atoms with E-state index < -0.39 is 79.7 Å². The molecule has 0 spiro atoms. The van der Waals surface area contributed by atoms with Crippen LogP contribution in [-0.2, 0) is 30.6 Å². The maximum absolute atomic E-state index is 14.4. The molecule has 4 aliphatic rings. The molecule has 53 heavy (non-hydrogen) atoms. The van der Waals surface area contributed by atoms with Gasteiger partial charge in [0.15, 0.2) is 5.58 Å². The average molecular weight is 762 g/mol. The van der Waals surface area contributed by atoms with Gasteiger partial charge in [-0.1, -0.05) is 37.1 Å². The van der Waals surface area contributed by atoms with E-state index in [1.54, 1.807) is 30.3 Å². The summed E-state index contributed by atoms with van der Waals surface area (Å²) < 4.78 is 94.1. The Kier molecular flexibility index (Phi) is 9.43. The summed E-state index contributed by atoms with van der Waals surface area (Å²) in [5.41, 5.74) is -2.15. The van der Waals surface area contributed by atoms with Crippen molar-refractivity contribution in [1.29, 1.82) is 0 Å². The molecule has 3 heterocycles. The van der Waals surface area contributed by atoms with Crippen molar-refractivity contribution in [2.24, 2.45) is 5.92 Å². The second-order valence-electron chi connectivity index (χ2n) is 14.6. The molecule has 12 nitrogen and oxygen atoms in total. The monoisotopic (exact) mass is 761 g/mol. The van der Waals surface area contributed by atoms with Crippen molar-refractivity contribution in [3.05, 3.63) is 66.0 Å². The number of para-hydroxylation sites is 2. The van der Waals surface area contributed by atoms with Crippen molar-refractivity contribution in [1.82, 2.24) is 19.9 Å². The van der Waals surface area contributed by atoms with Gasteiger partial charge in [-0.25, -0.2) is 12.8 Å². The predicted octanol–water partition coefficient (Wildman–Crippen LogP) is 5.21. The highest BCUT2D eigenvalue weighted by molar-refractivity contribution is 7.91. The van der Waals surface area contributed by atoms with Gasteiger partial charge in [0.1, 0.15) is 35.1 Å². The summed E-state index contributed by atoms with van der Waals surface area (Å²) in [6.45, 7) is 1.37. The van der Waals surface area contributed by atoms with Crippen molar-refractivity contribution in [2.45, 2.75) is 99.4 Å². The first-order chi connectivity index (χ1) is 25.1. The standard InChI is InChI=1S/C36H39F4N5O7S/c1-34(13-14-34)53(49,50)44-32(48)35-19-21(35)9-5-3-2-4-6-11-27(41-24-16-22(36(38,39)40)15-23(37)17-24)31(47)45-20-25(18-28(45)30(46)43-35)51-33-42-26-10-7-8-12-29(26)52-33/h5,7-10,12,15-17,21,25,27-28,41H,2-4,6,11,13-14,18-20H2,1H3,(H,43,46)(H,44,48)/t21-,25-,27+,28+,35-/m1/s1. The number of amides is 3. The number of ether oxygens (including phenoxy) is 1. The van der Waals surface area contributed by atoms with Crippen LogP contribution in [0.2, 0.25) is 0 Å². The number of oxazole rings is 1. The van der Waals surface area contributed by atoms with Gasteiger partial charge in [-0.3, -0.25) is 19.1 Å². The number of aromatic nitrogens is 1. The van der Waals surface area contributed by atoms with Crippen molar-refractivity contribution < 1.29 is 49.5 Å². The van der Waals surface area contributed by atoms with Crippen LogP contribution in [0.4, 0.5) is 23.2 Å². The number of nitrogens with zero attached hydrogens (tertiary/aromatic N) is 2. The summed E-state index contributed by atoms with van der Waals surface area (Å²) in [7, 11) is -4.05. The number of alkyl halides is 3. The van der Waals surface area contributed by atoms with Gasteiger partial charge in [0.2, 0.25) is 21.8 Å². The smallest absolute Gasteiger partial charge is 0.416 e. The van der Waals surface area contributed by atoms with Gasteiger partial charge in [-0.05, 0) is 75.8 Å². The molecular weight excluding hydrogens is 722 g/mol. The summed E-state index contributed by atoms with van der Waals surface area (Å²) in [6, 6.07) is 6.42. The van der Waals surface area contributed by atoms with Crippen molar-refractivity contribution >= 4 is 44.5 Å². The van der Waals surface area contributed by atoms with E-state index >= 15 is 0 Å². The second-order valence-corrected chi connectivity index (χ2v) is 16.8. The Hall–Kier alpha value is -4.67. The van der Waals surface area contributed by atoms with E-state index in [0.717, 1.165) is 12.1 Å². The third-order valence-electron chi connectivity index (χ3n) is 10.6. The zero-order valence-electron chi connectivity index (χ0n) is 28.7. The molecule has 2 aliphatic heterocycles. The van der Waals surface area contributed by atoms with Crippen LogP contribution in [0.5, 0.6) is 6.08 Å². The number of fused-ring (bicyclic) bond motifs is 3. The molecule has 284 valence electrons.